The van der Waals surface area contributed by atoms with Crippen molar-refractivity contribution in [2.24, 2.45) is 32.2 Å². The van der Waals surface area contributed by atoms with E-state index in [1.54, 1.807) is 6.92 Å². The predicted octanol–water partition coefficient (Wildman–Crippen LogP) is 5.02. The summed E-state index contributed by atoms with van der Waals surface area (Å²) < 4.78 is 10.2. The second kappa shape index (κ2) is 11.7. The third kappa shape index (κ3) is 4.74. The summed E-state index contributed by atoms with van der Waals surface area (Å²) in [7, 11) is 2.63. The molecule has 0 spiro atoms. The zero-order valence-corrected chi connectivity index (χ0v) is 27.9. The van der Waals surface area contributed by atoms with Gasteiger partial charge in [0.25, 0.3) is 0 Å². The number of carbonyl (C=O) groups is 3. The zero-order chi connectivity index (χ0) is 33.9. The van der Waals surface area contributed by atoms with E-state index in [4.69, 9.17) is 24.5 Å². The molecule has 11 nitrogen and oxygen atoms in total. The van der Waals surface area contributed by atoms with Crippen LogP contribution in [0.2, 0.25) is 0 Å². The first-order chi connectivity index (χ1) is 22.4. The molecule has 0 aromatic heterocycles. The number of hydroxylamine groups is 1. The second-order valence-electron chi connectivity index (χ2n) is 12.6. The monoisotopic (exact) mass is 637 g/mol. The molecule has 6 aliphatic rings. The third-order valence-electron chi connectivity index (χ3n) is 10.2. The summed E-state index contributed by atoms with van der Waals surface area (Å²) in [5, 5.41) is 13.2. The Bertz CT molecular complexity index is 1910. The minimum Gasteiger partial charge on any atom is -0.469 e. The molecular weight excluding hydrogens is 598 g/mol. The number of Topliss-reactive ketones (excluding diaryl/α,β-unsaturated/α-hetero) is 1. The minimum atomic E-state index is -1.66. The Morgan fingerprint density at radius 1 is 1.02 bits per heavy atom. The molecule has 3 N–H and O–H groups in total. The highest BCUT2D eigenvalue weighted by molar-refractivity contribution is 6.44. The standard InChI is InChI=1S/C36H39N5O6/c1-9-20-16(2)24-13-28-22(15-37-45)18(4)23(39-28)12-25-17(3)21(10-11-29(42)46-7)32(40-25)31-33-30(34(43)36(31,6)35(44)47-8)19(5)26(41-33)14-27(20)38-24/h12-15,17,21,37,40,45H,9-11H2,1-8H3/b22-15-,24-13?,25-12?,26-14?,32-31?. The van der Waals surface area contributed by atoms with Crippen molar-refractivity contribution in [3.05, 3.63) is 91.9 Å². The fraction of sp³-hybridized carbons (Fsp3) is 0.389. The summed E-state index contributed by atoms with van der Waals surface area (Å²) in [5.74, 6) is -1.88. The van der Waals surface area contributed by atoms with E-state index in [0.717, 1.165) is 40.2 Å². The topological polar surface area (TPSA) is 151 Å². The molecule has 11 heteroatoms. The van der Waals surface area contributed by atoms with Crippen LogP contribution in [0, 0.1) is 17.3 Å². The molecule has 1 saturated carbocycles. The Balaban J connectivity index is 1.69. The van der Waals surface area contributed by atoms with Crippen LogP contribution in [-0.2, 0) is 23.9 Å². The van der Waals surface area contributed by atoms with E-state index in [2.05, 4.69) is 17.7 Å². The van der Waals surface area contributed by atoms with Gasteiger partial charge in [-0.15, -0.1) is 0 Å². The number of hydrogen-bond acceptors (Lipinski definition) is 11. The number of ether oxygens (including phenoxy) is 2. The van der Waals surface area contributed by atoms with Gasteiger partial charge in [-0.1, -0.05) is 13.8 Å². The summed E-state index contributed by atoms with van der Waals surface area (Å²) in [6.45, 7) is 11.5. The van der Waals surface area contributed by atoms with Gasteiger partial charge in [-0.05, 0) is 81.1 Å². The summed E-state index contributed by atoms with van der Waals surface area (Å²) in [5.41, 5.74) is 10.8. The molecule has 0 aromatic carbocycles. The molecule has 5 heterocycles. The largest absolute Gasteiger partial charge is 0.469 e. The number of ketones is 1. The lowest BCUT2D eigenvalue weighted by atomic mass is 9.78. The number of esters is 2. The number of nitrogens with one attached hydrogen (secondary N) is 2. The van der Waals surface area contributed by atoms with E-state index in [0.29, 0.717) is 57.2 Å². The van der Waals surface area contributed by atoms with E-state index < -0.39 is 11.4 Å². The van der Waals surface area contributed by atoms with Crippen molar-refractivity contribution in [3.63, 3.8) is 0 Å². The highest BCUT2D eigenvalue weighted by Gasteiger charge is 2.60. The van der Waals surface area contributed by atoms with Gasteiger partial charge in [0.15, 0.2) is 11.2 Å². The molecule has 6 rings (SSSR count). The average molecular weight is 638 g/mol. The van der Waals surface area contributed by atoms with Crippen molar-refractivity contribution in [2.75, 3.05) is 14.2 Å². The van der Waals surface area contributed by atoms with Gasteiger partial charge in [0.05, 0.1) is 54.0 Å². The summed E-state index contributed by atoms with van der Waals surface area (Å²) in [6, 6.07) is 0. The van der Waals surface area contributed by atoms with E-state index >= 15 is 0 Å². The van der Waals surface area contributed by atoms with Gasteiger partial charge in [0, 0.05) is 47.0 Å². The van der Waals surface area contributed by atoms with Gasteiger partial charge in [-0.2, -0.15) is 0 Å². The number of rotatable bonds is 6. The van der Waals surface area contributed by atoms with E-state index in [9.17, 15) is 19.6 Å². The number of aliphatic imine (C=N–C) groups is 3. The molecule has 1 saturated heterocycles. The van der Waals surface area contributed by atoms with Gasteiger partial charge in [0.2, 0.25) is 0 Å². The lowest BCUT2D eigenvalue weighted by Crippen LogP contribution is -2.37. The van der Waals surface area contributed by atoms with Gasteiger partial charge in [-0.3, -0.25) is 25.1 Å². The highest BCUT2D eigenvalue weighted by Crippen LogP contribution is 2.52. The normalized spacial score (nSPS) is 27.2. The molecule has 2 fully saturated rings. The molecule has 47 heavy (non-hydrogen) atoms. The van der Waals surface area contributed by atoms with Gasteiger partial charge < -0.3 is 14.8 Å². The SMILES string of the molecule is CCC1=C(C)C2=CC3=NC(=C(C)/C3=C/NO)C=C3NC(=C4C5=NC(=CC1=N2)C(C)=C5C(=O)C4(C)C(=O)OC)C(CCC(=O)OC)C3C. The fourth-order valence-electron chi connectivity index (χ4n) is 7.42. The third-order valence-corrected chi connectivity index (χ3v) is 10.2. The van der Waals surface area contributed by atoms with Crippen molar-refractivity contribution >= 4 is 34.9 Å². The van der Waals surface area contributed by atoms with Crippen LogP contribution in [0.25, 0.3) is 0 Å². The van der Waals surface area contributed by atoms with E-state index in [1.807, 2.05) is 45.9 Å². The Kier molecular flexibility index (Phi) is 7.99. The number of nitrogens with zero attached hydrogens (tertiary/aromatic N) is 3. The Labute approximate surface area is 273 Å². The molecule has 5 aliphatic heterocycles. The van der Waals surface area contributed by atoms with Crippen LogP contribution in [0.4, 0.5) is 0 Å². The quantitative estimate of drug-likeness (QED) is 0.209. The molecule has 0 amide bonds. The van der Waals surface area contributed by atoms with Crippen LogP contribution in [0.1, 0.15) is 60.8 Å². The van der Waals surface area contributed by atoms with Crippen LogP contribution in [-0.4, -0.2) is 54.3 Å². The van der Waals surface area contributed by atoms with Gasteiger partial charge in [0.1, 0.15) is 0 Å². The van der Waals surface area contributed by atoms with Crippen molar-refractivity contribution in [3.8, 4) is 0 Å². The van der Waals surface area contributed by atoms with Crippen molar-refractivity contribution in [2.45, 2.75) is 60.8 Å². The van der Waals surface area contributed by atoms with Crippen molar-refractivity contribution in [1.82, 2.24) is 10.8 Å². The number of methoxy groups -OCH3 is 2. The Morgan fingerprint density at radius 3 is 2.38 bits per heavy atom. The van der Waals surface area contributed by atoms with Crippen molar-refractivity contribution in [1.29, 1.82) is 0 Å². The number of carbonyl (C=O) groups excluding carboxylic acids is 3. The highest BCUT2D eigenvalue weighted by atomic mass is 16.5. The van der Waals surface area contributed by atoms with Crippen LogP contribution >= 0.6 is 0 Å². The first-order valence-electron chi connectivity index (χ1n) is 15.8. The van der Waals surface area contributed by atoms with Crippen LogP contribution in [0.5, 0.6) is 0 Å². The second-order valence-corrected chi connectivity index (χ2v) is 12.6. The van der Waals surface area contributed by atoms with E-state index in [1.165, 1.54) is 20.4 Å². The molecule has 244 valence electrons. The van der Waals surface area contributed by atoms with Crippen LogP contribution < -0.4 is 10.8 Å². The van der Waals surface area contributed by atoms with Crippen LogP contribution in [0.15, 0.2) is 107 Å². The summed E-state index contributed by atoms with van der Waals surface area (Å²) in [4.78, 5) is 55.3. The van der Waals surface area contributed by atoms with Gasteiger partial charge >= 0.3 is 11.9 Å². The maximum atomic E-state index is 14.4. The Morgan fingerprint density at radius 2 is 1.72 bits per heavy atom. The van der Waals surface area contributed by atoms with E-state index in [-0.39, 0.29) is 30.0 Å². The first-order valence-corrected chi connectivity index (χ1v) is 15.8. The molecule has 1 aliphatic carbocycles. The molecule has 3 atom stereocenters. The molecule has 0 radical (unpaired) electrons. The molecule has 0 aromatic rings. The molecule has 8 bridgehead atoms. The zero-order valence-electron chi connectivity index (χ0n) is 27.9. The van der Waals surface area contributed by atoms with Gasteiger partial charge in [-0.25, -0.2) is 15.0 Å². The average Bonchev–Trinajstić information content (AvgIpc) is 3.77. The van der Waals surface area contributed by atoms with Crippen molar-refractivity contribution < 1.29 is 29.1 Å². The Hall–Kier alpha value is -4.90. The predicted molar refractivity (Wildman–Crippen MR) is 177 cm³/mol. The maximum Gasteiger partial charge on any atom is 0.324 e. The number of fused-ring (bicyclic) bond motifs is 5. The molecular formula is C36H39N5O6. The summed E-state index contributed by atoms with van der Waals surface area (Å²) >= 11 is 0. The van der Waals surface area contributed by atoms with Crippen LogP contribution in [0.3, 0.4) is 0 Å². The first kappa shape index (κ1) is 32.1. The lowest BCUT2D eigenvalue weighted by molar-refractivity contribution is -0.152. The maximum absolute atomic E-state index is 14.4. The number of allylic oxidation sites excluding steroid dienone is 11. The lowest BCUT2D eigenvalue weighted by Gasteiger charge is -2.25. The summed E-state index contributed by atoms with van der Waals surface area (Å²) in [6.07, 6.45) is 8.52. The number of hydrogen-bond donors (Lipinski definition) is 3. The fourth-order valence-corrected chi connectivity index (χ4v) is 7.42. The molecule has 3 unspecified atom stereocenters. The minimum absolute atomic E-state index is 0.136. The smallest absolute Gasteiger partial charge is 0.324 e.